The lowest BCUT2D eigenvalue weighted by atomic mass is 10.1. The first-order chi connectivity index (χ1) is 41.1. The van der Waals surface area contributed by atoms with Gasteiger partial charge in [-0.1, -0.05) is 78.9 Å². The normalized spacial score (nSPS) is 10.3. The summed E-state index contributed by atoms with van der Waals surface area (Å²) in [6.07, 6.45) is 7.40. The molecule has 0 saturated carbocycles. The molecule has 0 bridgehead atoms. The number of rotatable bonds is 23. The third-order valence-corrected chi connectivity index (χ3v) is 11.9. The van der Waals surface area contributed by atoms with Crippen molar-refractivity contribution in [1.82, 2.24) is 24.9 Å². The topological polar surface area (TPSA) is 190 Å². The minimum atomic E-state index is -1.19. The van der Waals surface area contributed by atoms with E-state index >= 15 is 0 Å². The molecular formula is C63H59F3N8O10. The Bertz CT molecular complexity index is 3520. The van der Waals surface area contributed by atoms with Crippen LogP contribution >= 0.6 is 0 Å². The standard InChI is InChI=1S/C22H21FN2O3.C21H20FN3O4.C20H18FN3O3/c1-17(26)25(16-18-8-7-14-24-22(18)27-15-13-23)20-11-5-6-12-21(20)28-19-9-3-2-4-10-19;1-27-17-8-9-19(28-2)15(10-17)13-25(20(26)11-22)18-12-23-14-24-21(18)29-16-6-4-3-5-7-16;1-26-19-15(7-5-11-22-19)14-24(18(25)13-21)17-10-6-12-23-20(17)27-16-8-3-2-4-9-16/h2-12,14H,13,15-16H2,1H3;3-10,12,14H,11,13H2,1-2H3;2-12H,13-14H2,1H3/i23-1;22-1;21-1. The number of halogens is 3. The van der Waals surface area contributed by atoms with Gasteiger partial charge in [-0.25, -0.2) is 33.1 Å². The lowest BCUT2D eigenvalue weighted by Crippen LogP contribution is -2.32. The van der Waals surface area contributed by atoms with Crippen molar-refractivity contribution in [2.75, 3.05) is 62.7 Å². The third kappa shape index (κ3) is 17.2. The average molecular weight is 1140 g/mol. The number of nitrogens with zero attached hydrogens (tertiary/aromatic N) is 8. The molecule has 0 unspecified atom stereocenters. The lowest BCUT2D eigenvalue weighted by molar-refractivity contribution is -0.120. The van der Waals surface area contributed by atoms with E-state index in [0.717, 1.165) is 0 Å². The molecule has 0 aliphatic heterocycles. The monoisotopic (exact) mass is 1140 g/mol. The predicted molar refractivity (Wildman–Crippen MR) is 309 cm³/mol. The number of aromatic nitrogens is 5. The van der Waals surface area contributed by atoms with Gasteiger partial charge in [-0.05, 0) is 91.0 Å². The number of benzene rings is 5. The van der Waals surface area contributed by atoms with Gasteiger partial charge in [-0.3, -0.25) is 19.3 Å². The van der Waals surface area contributed by atoms with Crippen molar-refractivity contribution in [3.8, 4) is 58.0 Å². The minimum Gasteiger partial charge on any atom is -0.497 e. The molecule has 9 rings (SSSR count). The molecule has 0 saturated heterocycles. The van der Waals surface area contributed by atoms with Crippen LogP contribution in [-0.4, -0.2) is 90.6 Å². The van der Waals surface area contributed by atoms with Crippen molar-refractivity contribution < 1.29 is 60.7 Å². The highest BCUT2D eigenvalue weighted by atomic mass is 18.2. The zero-order chi connectivity index (χ0) is 59.5. The van der Waals surface area contributed by atoms with Gasteiger partial charge < -0.3 is 43.0 Å². The summed E-state index contributed by atoms with van der Waals surface area (Å²) in [6, 6.07) is 50.2. The lowest BCUT2D eigenvalue weighted by Gasteiger charge is -2.24. The van der Waals surface area contributed by atoms with Gasteiger partial charge in [0.2, 0.25) is 29.4 Å². The van der Waals surface area contributed by atoms with Crippen LogP contribution in [-0.2, 0) is 34.0 Å². The Morgan fingerprint density at radius 3 is 1.51 bits per heavy atom. The van der Waals surface area contributed by atoms with Crippen molar-refractivity contribution in [2.24, 2.45) is 0 Å². The van der Waals surface area contributed by atoms with E-state index < -0.39 is 31.8 Å². The summed E-state index contributed by atoms with van der Waals surface area (Å²) in [7, 11) is 4.54. The van der Waals surface area contributed by atoms with Gasteiger partial charge in [0.05, 0.1) is 52.8 Å². The molecule has 9 aromatic rings. The summed E-state index contributed by atoms with van der Waals surface area (Å²) in [6.45, 7) is -1.25. The van der Waals surface area contributed by atoms with E-state index in [0.29, 0.717) is 74.3 Å². The Kier molecular flexibility index (Phi) is 23.3. The van der Waals surface area contributed by atoms with Crippen molar-refractivity contribution >= 4 is 34.8 Å². The first kappa shape index (κ1) is 61.1. The molecule has 5 aromatic carbocycles. The summed E-state index contributed by atoms with van der Waals surface area (Å²) >= 11 is 0. The van der Waals surface area contributed by atoms with Crippen molar-refractivity contribution in [3.05, 3.63) is 218 Å². The molecule has 0 aliphatic rings. The van der Waals surface area contributed by atoms with Crippen LogP contribution in [0.25, 0.3) is 0 Å². The molecule has 0 radical (unpaired) electrons. The number of methoxy groups -OCH3 is 3. The van der Waals surface area contributed by atoms with Crippen molar-refractivity contribution in [2.45, 2.75) is 26.6 Å². The second-order valence-corrected chi connectivity index (χ2v) is 17.4. The molecule has 0 fully saturated rings. The van der Waals surface area contributed by atoms with Gasteiger partial charge >= 0.3 is 0 Å². The largest absolute Gasteiger partial charge is 0.497 e. The van der Waals surface area contributed by atoms with E-state index in [2.05, 4.69) is 24.9 Å². The smallest absolute Gasteiger partial charge is 0.258 e. The fraction of sp³-hybridized carbons (Fsp3) is 0.175. The highest BCUT2D eigenvalue weighted by molar-refractivity contribution is 5.96. The van der Waals surface area contributed by atoms with E-state index in [9.17, 15) is 27.6 Å². The van der Waals surface area contributed by atoms with Crippen molar-refractivity contribution in [3.63, 3.8) is 0 Å². The van der Waals surface area contributed by atoms with Crippen LogP contribution in [0.1, 0.15) is 23.6 Å². The summed E-state index contributed by atoms with van der Waals surface area (Å²) in [5, 5.41) is 0. The Hall–Kier alpha value is -10.6. The second-order valence-electron chi connectivity index (χ2n) is 17.4. The number of alkyl halides is 3. The Morgan fingerprint density at radius 2 is 0.940 bits per heavy atom. The molecule has 3 amide bonds. The summed E-state index contributed by atoms with van der Waals surface area (Å²) in [4.78, 5) is 61.9. The Morgan fingerprint density at radius 1 is 0.440 bits per heavy atom. The molecule has 0 atom stereocenters. The van der Waals surface area contributed by atoms with E-state index in [1.165, 1.54) is 50.6 Å². The molecule has 84 heavy (non-hydrogen) atoms. The first-order valence-corrected chi connectivity index (χ1v) is 25.9. The van der Waals surface area contributed by atoms with Crippen LogP contribution < -0.4 is 47.9 Å². The zero-order valence-corrected chi connectivity index (χ0v) is 46.3. The van der Waals surface area contributed by atoms with E-state index in [1.54, 1.807) is 102 Å². The van der Waals surface area contributed by atoms with Gasteiger partial charge in [0.25, 0.3) is 11.8 Å². The van der Waals surface area contributed by atoms with Gasteiger partial charge in [-0.15, -0.1) is 0 Å². The molecule has 432 valence electrons. The number of para-hydroxylation sites is 5. The quantitative estimate of drug-likeness (QED) is 0.0587. The van der Waals surface area contributed by atoms with Crippen LogP contribution in [0, 0.1) is 0 Å². The number of hydrogen-bond donors (Lipinski definition) is 0. The highest BCUT2D eigenvalue weighted by Gasteiger charge is 2.26. The number of ether oxygens (including phenoxy) is 7. The van der Waals surface area contributed by atoms with E-state index in [1.807, 2.05) is 91.0 Å². The molecule has 0 N–H and O–H groups in total. The molecule has 0 spiro atoms. The zero-order valence-electron chi connectivity index (χ0n) is 46.3. The van der Waals surface area contributed by atoms with Crippen LogP contribution in [0.15, 0.2) is 201 Å². The Labute approximate surface area is 483 Å². The maximum Gasteiger partial charge on any atom is 0.258 e. The number of carbonyl (C=O) groups excluding carboxylic acids is 3. The number of hydrogen-bond acceptors (Lipinski definition) is 15. The van der Waals surface area contributed by atoms with Gasteiger partial charge in [0, 0.05) is 42.2 Å². The van der Waals surface area contributed by atoms with Crippen LogP contribution in [0.5, 0.6) is 58.0 Å². The molecular weight excluding hydrogens is 1080 g/mol. The summed E-state index contributed by atoms with van der Waals surface area (Å²) < 4.78 is 78.0. The van der Waals surface area contributed by atoms with Crippen molar-refractivity contribution in [1.29, 1.82) is 0 Å². The minimum absolute atomic E-state index is 0.0155. The number of pyridine rings is 3. The fourth-order valence-electron chi connectivity index (χ4n) is 8.00. The van der Waals surface area contributed by atoms with Gasteiger partial charge in [-0.2, -0.15) is 4.98 Å². The molecule has 4 aromatic heterocycles. The first-order valence-electron chi connectivity index (χ1n) is 25.9. The van der Waals surface area contributed by atoms with Gasteiger partial charge in [0.15, 0.2) is 19.1 Å². The number of amides is 3. The van der Waals surface area contributed by atoms with Crippen LogP contribution in [0.3, 0.4) is 0 Å². The molecule has 21 heteroatoms. The fourth-order valence-corrected chi connectivity index (χ4v) is 8.00. The Balaban J connectivity index is 0.000000181. The van der Waals surface area contributed by atoms with Crippen LogP contribution in [0.2, 0.25) is 0 Å². The predicted octanol–water partition coefficient (Wildman–Crippen LogP) is 12.3. The van der Waals surface area contributed by atoms with E-state index in [4.69, 9.17) is 33.2 Å². The maximum absolute atomic E-state index is 13.4. The second kappa shape index (κ2) is 32.0. The number of carbonyl (C=O) groups is 3. The third-order valence-electron chi connectivity index (χ3n) is 11.9. The SMILES string of the molecule is CC(=O)N(Cc1cccnc1OCC[18F])c1ccccc1Oc1ccccc1.COc1ccc(OC)c(CN(C(=O)C[18F])c2cncnc2Oc2ccccc2)c1.COc1ncccc1CN(C(=O)C[18F])c1cccnc1Oc1ccccc1. The summed E-state index contributed by atoms with van der Waals surface area (Å²) in [5.41, 5.74) is 3.16. The van der Waals surface area contributed by atoms with E-state index in [-0.39, 0.29) is 49.6 Å². The molecule has 0 aliphatic carbocycles. The van der Waals surface area contributed by atoms with Gasteiger partial charge in [0.1, 0.15) is 59.7 Å². The molecule has 18 nitrogen and oxygen atoms in total. The summed E-state index contributed by atoms with van der Waals surface area (Å²) in [5.74, 6) is 2.80. The van der Waals surface area contributed by atoms with Crippen LogP contribution in [0.4, 0.5) is 30.2 Å². The average Bonchev–Trinajstić information content (AvgIpc) is 3.69. The maximum atomic E-state index is 13.4. The molecule has 4 heterocycles. The highest BCUT2D eigenvalue weighted by Crippen LogP contribution is 2.36. The number of anilines is 3.